The van der Waals surface area contributed by atoms with Crippen molar-refractivity contribution in [2.24, 2.45) is 29.6 Å². The van der Waals surface area contributed by atoms with Crippen molar-refractivity contribution in [3.8, 4) is 0 Å². The molecule has 0 bridgehead atoms. The highest BCUT2D eigenvalue weighted by atomic mass is 16.1. The molecule has 0 heterocycles. The lowest BCUT2D eigenvalue weighted by Crippen LogP contribution is -2.09. The summed E-state index contributed by atoms with van der Waals surface area (Å²) in [6.45, 7) is 2.20. The number of carbonyl (C=O) groups is 1. The molecule has 13 heavy (non-hydrogen) atoms. The minimum Gasteiger partial charge on any atom is -0.299 e. The molecule has 0 amide bonds. The van der Waals surface area contributed by atoms with Crippen molar-refractivity contribution in [1.82, 2.24) is 0 Å². The molecular formula is C12H18O. The molecule has 3 aliphatic carbocycles. The summed E-state index contributed by atoms with van der Waals surface area (Å²) in [5.41, 5.74) is 0. The standard InChI is InChI=1S/C12H18O/c1-7-2-11(7)12(13)5-8-3-9-6-10(9)4-8/h7-11H,2-6H2,1H3. The van der Waals surface area contributed by atoms with Crippen LogP contribution in [0.2, 0.25) is 0 Å². The Balaban J connectivity index is 1.49. The lowest BCUT2D eigenvalue weighted by atomic mass is 9.95. The first kappa shape index (κ1) is 8.02. The van der Waals surface area contributed by atoms with E-state index >= 15 is 0 Å². The van der Waals surface area contributed by atoms with E-state index < -0.39 is 0 Å². The Morgan fingerprint density at radius 1 is 1.15 bits per heavy atom. The van der Waals surface area contributed by atoms with E-state index in [2.05, 4.69) is 6.92 Å². The fourth-order valence-corrected chi connectivity index (χ4v) is 3.21. The lowest BCUT2D eigenvalue weighted by Gasteiger charge is -2.09. The van der Waals surface area contributed by atoms with Crippen LogP contribution < -0.4 is 0 Å². The van der Waals surface area contributed by atoms with Gasteiger partial charge in [0.15, 0.2) is 0 Å². The van der Waals surface area contributed by atoms with E-state index in [9.17, 15) is 4.79 Å². The van der Waals surface area contributed by atoms with E-state index in [4.69, 9.17) is 0 Å². The van der Waals surface area contributed by atoms with Gasteiger partial charge < -0.3 is 0 Å². The van der Waals surface area contributed by atoms with Gasteiger partial charge in [-0.15, -0.1) is 0 Å². The third-order valence-corrected chi connectivity index (χ3v) is 4.35. The van der Waals surface area contributed by atoms with Crippen molar-refractivity contribution in [2.75, 3.05) is 0 Å². The van der Waals surface area contributed by atoms with Crippen LogP contribution in [0.1, 0.15) is 39.0 Å². The molecule has 0 aliphatic heterocycles. The van der Waals surface area contributed by atoms with Gasteiger partial charge in [-0.2, -0.15) is 0 Å². The fourth-order valence-electron chi connectivity index (χ4n) is 3.21. The quantitative estimate of drug-likeness (QED) is 0.649. The monoisotopic (exact) mass is 178 g/mol. The molecule has 4 unspecified atom stereocenters. The summed E-state index contributed by atoms with van der Waals surface area (Å²) < 4.78 is 0. The predicted octanol–water partition coefficient (Wildman–Crippen LogP) is 2.65. The first-order valence-corrected chi connectivity index (χ1v) is 5.76. The van der Waals surface area contributed by atoms with Gasteiger partial charge in [0.1, 0.15) is 5.78 Å². The summed E-state index contributed by atoms with van der Waals surface area (Å²) in [6, 6.07) is 0. The van der Waals surface area contributed by atoms with Crippen molar-refractivity contribution in [2.45, 2.75) is 39.0 Å². The zero-order valence-corrected chi connectivity index (χ0v) is 8.33. The van der Waals surface area contributed by atoms with Crippen LogP contribution in [0.5, 0.6) is 0 Å². The minimum absolute atomic E-state index is 0.469. The number of ketones is 1. The number of Topliss-reactive ketones (excluding diaryl/α,β-unsaturated/α-hetero) is 1. The predicted molar refractivity (Wildman–Crippen MR) is 51.2 cm³/mol. The highest BCUT2D eigenvalue weighted by Crippen LogP contribution is 2.55. The van der Waals surface area contributed by atoms with Gasteiger partial charge in [0.05, 0.1) is 0 Å². The summed E-state index contributed by atoms with van der Waals surface area (Å²) in [5, 5.41) is 0. The van der Waals surface area contributed by atoms with Gasteiger partial charge in [0.2, 0.25) is 0 Å². The van der Waals surface area contributed by atoms with Crippen molar-refractivity contribution in [3.05, 3.63) is 0 Å². The summed E-state index contributed by atoms with van der Waals surface area (Å²) >= 11 is 0. The maximum absolute atomic E-state index is 11.7. The number of carbonyl (C=O) groups excluding carboxylic acids is 1. The molecule has 0 aromatic carbocycles. The van der Waals surface area contributed by atoms with E-state index in [-0.39, 0.29) is 0 Å². The molecule has 72 valence electrons. The second-order valence-corrected chi connectivity index (χ2v) is 5.58. The molecule has 3 rings (SSSR count). The zero-order chi connectivity index (χ0) is 9.00. The molecule has 0 saturated heterocycles. The van der Waals surface area contributed by atoms with Crippen LogP contribution in [0.3, 0.4) is 0 Å². The first-order chi connectivity index (χ1) is 6.24. The molecular weight excluding hydrogens is 160 g/mol. The highest BCUT2D eigenvalue weighted by molar-refractivity contribution is 5.83. The van der Waals surface area contributed by atoms with Crippen LogP contribution in [-0.4, -0.2) is 5.78 Å². The third kappa shape index (κ3) is 1.43. The minimum atomic E-state index is 0.469. The van der Waals surface area contributed by atoms with E-state index in [1.165, 1.54) is 25.7 Å². The van der Waals surface area contributed by atoms with E-state index in [1.807, 2.05) is 0 Å². The van der Waals surface area contributed by atoms with Gasteiger partial charge in [-0.1, -0.05) is 6.92 Å². The van der Waals surface area contributed by atoms with Crippen molar-refractivity contribution in [1.29, 1.82) is 0 Å². The Bertz CT molecular complexity index is 236. The average Bonchev–Trinajstić information content (AvgIpc) is 2.94. The van der Waals surface area contributed by atoms with Gasteiger partial charge in [-0.05, 0) is 49.4 Å². The molecule has 1 nitrogen and oxygen atoms in total. The maximum Gasteiger partial charge on any atom is 0.136 e. The van der Waals surface area contributed by atoms with Crippen molar-refractivity contribution >= 4 is 5.78 Å². The molecule has 3 fully saturated rings. The fraction of sp³-hybridized carbons (Fsp3) is 0.917. The Morgan fingerprint density at radius 3 is 2.31 bits per heavy atom. The Morgan fingerprint density at radius 2 is 1.77 bits per heavy atom. The average molecular weight is 178 g/mol. The van der Waals surface area contributed by atoms with E-state index in [1.54, 1.807) is 0 Å². The molecule has 0 aromatic heterocycles. The Labute approximate surface area is 79.9 Å². The number of hydrogen-bond donors (Lipinski definition) is 0. The van der Waals surface area contributed by atoms with E-state index in [0.717, 1.165) is 24.2 Å². The van der Waals surface area contributed by atoms with Gasteiger partial charge in [0, 0.05) is 12.3 Å². The molecule has 3 saturated carbocycles. The van der Waals surface area contributed by atoms with E-state index in [0.29, 0.717) is 17.6 Å². The van der Waals surface area contributed by atoms with Crippen LogP contribution in [-0.2, 0) is 4.79 Å². The molecule has 1 heteroatoms. The highest BCUT2D eigenvalue weighted by Gasteiger charge is 2.47. The number of fused-ring (bicyclic) bond motifs is 1. The van der Waals surface area contributed by atoms with Crippen LogP contribution in [0.4, 0.5) is 0 Å². The van der Waals surface area contributed by atoms with Gasteiger partial charge in [-0.25, -0.2) is 0 Å². The van der Waals surface area contributed by atoms with Gasteiger partial charge in [-0.3, -0.25) is 4.79 Å². The Kier molecular flexibility index (Phi) is 1.59. The second-order valence-electron chi connectivity index (χ2n) is 5.58. The van der Waals surface area contributed by atoms with Crippen molar-refractivity contribution in [3.63, 3.8) is 0 Å². The first-order valence-electron chi connectivity index (χ1n) is 5.76. The third-order valence-electron chi connectivity index (χ3n) is 4.35. The van der Waals surface area contributed by atoms with Crippen LogP contribution in [0.25, 0.3) is 0 Å². The van der Waals surface area contributed by atoms with Gasteiger partial charge in [0.25, 0.3) is 0 Å². The summed E-state index contributed by atoms with van der Waals surface area (Å²) in [6.07, 6.45) is 6.32. The van der Waals surface area contributed by atoms with Gasteiger partial charge >= 0.3 is 0 Å². The smallest absolute Gasteiger partial charge is 0.136 e. The lowest BCUT2D eigenvalue weighted by molar-refractivity contribution is -0.121. The largest absolute Gasteiger partial charge is 0.299 e. The summed E-state index contributed by atoms with van der Waals surface area (Å²) in [4.78, 5) is 11.7. The molecule has 0 radical (unpaired) electrons. The van der Waals surface area contributed by atoms with Crippen LogP contribution >= 0.6 is 0 Å². The topological polar surface area (TPSA) is 17.1 Å². The Hall–Kier alpha value is -0.330. The maximum atomic E-state index is 11.7. The summed E-state index contributed by atoms with van der Waals surface area (Å²) in [7, 11) is 0. The molecule has 0 spiro atoms. The molecule has 0 aromatic rings. The molecule has 4 atom stereocenters. The van der Waals surface area contributed by atoms with Crippen LogP contribution in [0.15, 0.2) is 0 Å². The number of hydrogen-bond acceptors (Lipinski definition) is 1. The zero-order valence-electron chi connectivity index (χ0n) is 8.33. The van der Waals surface area contributed by atoms with Crippen molar-refractivity contribution < 1.29 is 4.79 Å². The normalized spacial score (nSPS) is 51.6. The van der Waals surface area contributed by atoms with Crippen LogP contribution in [0, 0.1) is 29.6 Å². The molecule has 0 N–H and O–H groups in total. The number of rotatable bonds is 3. The summed E-state index contributed by atoms with van der Waals surface area (Å²) in [5.74, 6) is 4.62. The molecule has 3 aliphatic rings. The SMILES string of the molecule is CC1CC1C(=O)CC1CC2CC2C1. The second kappa shape index (κ2) is 2.59.